The lowest BCUT2D eigenvalue weighted by Crippen LogP contribution is -2.15. The van der Waals surface area contributed by atoms with Crippen molar-refractivity contribution >= 4 is 45.3 Å². The van der Waals surface area contributed by atoms with Crippen molar-refractivity contribution in [1.29, 1.82) is 0 Å². The number of esters is 1. The van der Waals surface area contributed by atoms with Gasteiger partial charge in [-0.2, -0.15) is 0 Å². The average molecular weight is 537 g/mol. The fourth-order valence-corrected chi connectivity index (χ4v) is 4.24. The second-order valence-electron chi connectivity index (χ2n) is 7.12. The van der Waals surface area contributed by atoms with Crippen molar-refractivity contribution in [1.82, 2.24) is 14.8 Å². The molecule has 3 aromatic carbocycles. The van der Waals surface area contributed by atoms with Gasteiger partial charge in [0.15, 0.2) is 11.0 Å². The van der Waals surface area contributed by atoms with Gasteiger partial charge >= 0.3 is 5.97 Å². The van der Waals surface area contributed by atoms with Crippen LogP contribution in [0.4, 0.5) is 5.69 Å². The van der Waals surface area contributed by atoms with E-state index in [1.807, 2.05) is 59.2 Å². The third-order valence-corrected chi connectivity index (χ3v) is 6.20. The van der Waals surface area contributed by atoms with Crippen LogP contribution in [0.1, 0.15) is 17.3 Å². The lowest BCUT2D eigenvalue weighted by atomic mass is 10.2. The molecule has 1 aromatic heterocycles. The molecule has 172 valence electrons. The highest BCUT2D eigenvalue weighted by Crippen LogP contribution is 2.29. The number of amides is 1. The molecule has 0 bridgehead atoms. The van der Waals surface area contributed by atoms with Gasteiger partial charge in [-0.05, 0) is 49.4 Å². The lowest BCUT2D eigenvalue weighted by Gasteiger charge is -2.11. The number of hydrogen-bond donors (Lipinski definition) is 1. The molecule has 1 heterocycles. The number of carbonyl (C=O) groups is 2. The van der Waals surface area contributed by atoms with Crippen molar-refractivity contribution in [3.05, 3.63) is 88.9 Å². The lowest BCUT2D eigenvalue weighted by molar-refractivity contribution is -0.113. The molecule has 4 rings (SSSR count). The van der Waals surface area contributed by atoms with Gasteiger partial charge in [-0.1, -0.05) is 64.1 Å². The Balaban J connectivity index is 1.52. The predicted molar refractivity (Wildman–Crippen MR) is 136 cm³/mol. The molecule has 0 atom stereocenters. The van der Waals surface area contributed by atoms with Gasteiger partial charge in [-0.25, -0.2) is 4.79 Å². The maximum absolute atomic E-state index is 12.6. The third kappa shape index (κ3) is 5.73. The van der Waals surface area contributed by atoms with Crippen LogP contribution in [0.2, 0.25) is 0 Å². The highest BCUT2D eigenvalue weighted by atomic mass is 79.9. The molecule has 0 saturated carbocycles. The number of rotatable bonds is 8. The largest absolute Gasteiger partial charge is 0.462 e. The van der Waals surface area contributed by atoms with Gasteiger partial charge in [0.05, 0.1) is 17.9 Å². The zero-order valence-electron chi connectivity index (χ0n) is 18.3. The Morgan fingerprint density at radius 3 is 2.50 bits per heavy atom. The van der Waals surface area contributed by atoms with Crippen LogP contribution in [0.5, 0.6) is 0 Å². The number of para-hydroxylation sites is 1. The van der Waals surface area contributed by atoms with Crippen molar-refractivity contribution in [2.45, 2.75) is 12.1 Å². The third-order valence-electron chi connectivity index (χ3n) is 4.74. The van der Waals surface area contributed by atoms with E-state index < -0.39 is 5.97 Å². The summed E-state index contributed by atoms with van der Waals surface area (Å²) in [5.74, 6) is 0.154. The zero-order valence-corrected chi connectivity index (χ0v) is 20.7. The Labute approximate surface area is 209 Å². The number of thioether (sulfide) groups is 1. The van der Waals surface area contributed by atoms with E-state index in [0.29, 0.717) is 22.2 Å². The van der Waals surface area contributed by atoms with Gasteiger partial charge in [-0.15, -0.1) is 10.2 Å². The molecule has 0 aliphatic rings. The maximum atomic E-state index is 12.6. The number of ether oxygens (including phenoxy) is 1. The number of nitrogens with zero attached hydrogens (tertiary/aromatic N) is 3. The van der Waals surface area contributed by atoms with Crippen LogP contribution in [0.15, 0.2) is 88.5 Å². The average Bonchev–Trinajstić information content (AvgIpc) is 3.28. The van der Waals surface area contributed by atoms with Crippen molar-refractivity contribution < 1.29 is 14.3 Å². The molecule has 0 fully saturated rings. The summed E-state index contributed by atoms with van der Waals surface area (Å²) in [7, 11) is 0. The topological polar surface area (TPSA) is 86.1 Å². The smallest absolute Gasteiger partial charge is 0.338 e. The number of anilines is 1. The molecule has 7 nitrogen and oxygen atoms in total. The Morgan fingerprint density at radius 1 is 1.00 bits per heavy atom. The SMILES string of the molecule is CCOC(=O)c1cccc(NC(=O)CSc2nnc(-c3ccc(Br)cc3)n2-c2ccccc2)c1. The Hall–Kier alpha value is -3.43. The van der Waals surface area contributed by atoms with E-state index in [9.17, 15) is 9.59 Å². The first-order valence-corrected chi connectivity index (χ1v) is 12.3. The van der Waals surface area contributed by atoms with Crippen LogP contribution >= 0.6 is 27.7 Å². The second-order valence-corrected chi connectivity index (χ2v) is 8.98. The highest BCUT2D eigenvalue weighted by molar-refractivity contribution is 9.10. The number of hydrogen-bond acceptors (Lipinski definition) is 6. The molecule has 4 aromatic rings. The van der Waals surface area contributed by atoms with Crippen molar-refractivity contribution in [3.8, 4) is 17.1 Å². The molecule has 0 aliphatic carbocycles. The monoisotopic (exact) mass is 536 g/mol. The van der Waals surface area contributed by atoms with E-state index in [0.717, 1.165) is 15.7 Å². The first-order valence-electron chi connectivity index (χ1n) is 10.5. The van der Waals surface area contributed by atoms with E-state index in [-0.39, 0.29) is 18.3 Å². The summed E-state index contributed by atoms with van der Waals surface area (Å²) in [6.07, 6.45) is 0. The highest BCUT2D eigenvalue weighted by Gasteiger charge is 2.17. The molecule has 1 N–H and O–H groups in total. The number of aromatic nitrogens is 3. The molecule has 0 unspecified atom stereocenters. The molecule has 0 spiro atoms. The van der Waals surface area contributed by atoms with Gasteiger partial charge in [0.2, 0.25) is 5.91 Å². The van der Waals surface area contributed by atoms with Crippen LogP contribution in [-0.4, -0.2) is 39.0 Å². The zero-order chi connectivity index (χ0) is 23.9. The molecule has 1 amide bonds. The van der Waals surface area contributed by atoms with Gasteiger partial charge in [-0.3, -0.25) is 9.36 Å². The van der Waals surface area contributed by atoms with E-state index in [4.69, 9.17) is 4.74 Å². The second kappa shape index (κ2) is 11.1. The quantitative estimate of drug-likeness (QED) is 0.233. The van der Waals surface area contributed by atoms with Gasteiger partial charge in [0.1, 0.15) is 0 Å². The summed E-state index contributed by atoms with van der Waals surface area (Å²) in [6, 6.07) is 24.3. The van der Waals surface area contributed by atoms with Gasteiger partial charge in [0.25, 0.3) is 0 Å². The summed E-state index contributed by atoms with van der Waals surface area (Å²) in [6.45, 7) is 2.04. The van der Waals surface area contributed by atoms with E-state index >= 15 is 0 Å². The minimum Gasteiger partial charge on any atom is -0.462 e. The van der Waals surface area contributed by atoms with Crippen molar-refractivity contribution in [3.63, 3.8) is 0 Å². The number of halogens is 1. The van der Waals surface area contributed by atoms with Crippen molar-refractivity contribution in [2.24, 2.45) is 0 Å². The summed E-state index contributed by atoms with van der Waals surface area (Å²) in [5.41, 5.74) is 2.72. The molecule has 34 heavy (non-hydrogen) atoms. The minimum absolute atomic E-state index is 0.120. The van der Waals surface area contributed by atoms with E-state index in [2.05, 4.69) is 31.4 Å². The van der Waals surface area contributed by atoms with Crippen LogP contribution in [0.3, 0.4) is 0 Å². The Bertz CT molecular complexity index is 1290. The Kier molecular flexibility index (Phi) is 7.76. The minimum atomic E-state index is -0.426. The molecular formula is C25H21BrN4O3S. The molecular weight excluding hydrogens is 516 g/mol. The van der Waals surface area contributed by atoms with Gasteiger partial charge in [0, 0.05) is 21.4 Å². The molecule has 0 aliphatic heterocycles. The number of nitrogens with one attached hydrogen (secondary N) is 1. The number of benzene rings is 3. The molecule has 0 radical (unpaired) electrons. The van der Waals surface area contributed by atoms with Crippen LogP contribution < -0.4 is 5.32 Å². The van der Waals surface area contributed by atoms with E-state index in [1.54, 1.807) is 31.2 Å². The summed E-state index contributed by atoms with van der Waals surface area (Å²) in [4.78, 5) is 24.6. The van der Waals surface area contributed by atoms with Crippen LogP contribution in [-0.2, 0) is 9.53 Å². The summed E-state index contributed by atoms with van der Waals surface area (Å²) >= 11 is 4.74. The maximum Gasteiger partial charge on any atom is 0.338 e. The molecule has 9 heteroatoms. The summed E-state index contributed by atoms with van der Waals surface area (Å²) in [5, 5.41) is 12.2. The fourth-order valence-electron chi connectivity index (χ4n) is 3.22. The number of carbonyl (C=O) groups excluding carboxylic acids is 2. The predicted octanol–water partition coefficient (Wildman–Crippen LogP) is 5.60. The summed E-state index contributed by atoms with van der Waals surface area (Å²) < 4.78 is 7.92. The first kappa shape index (κ1) is 23.7. The first-order chi connectivity index (χ1) is 16.5. The fraction of sp³-hybridized carbons (Fsp3) is 0.120. The van der Waals surface area contributed by atoms with Gasteiger partial charge < -0.3 is 10.1 Å². The van der Waals surface area contributed by atoms with Crippen LogP contribution in [0, 0.1) is 0 Å². The van der Waals surface area contributed by atoms with Crippen LogP contribution in [0.25, 0.3) is 17.1 Å². The Morgan fingerprint density at radius 2 is 1.76 bits per heavy atom. The normalized spacial score (nSPS) is 10.6. The van der Waals surface area contributed by atoms with Crippen molar-refractivity contribution in [2.75, 3.05) is 17.7 Å². The molecule has 0 saturated heterocycles. The standard InChI is InChI=1S/C25H21BrN4O3S/c1-2-33-24(32)18-7-6-8-20(15-18)27-22(31)16-34-25-29-28-23(17-11-13-19(26)14-12-17)30(25)21-9-4-3-5-10-21/h3-15H,2,16H2,1H3,(H,27,31). The van der Waals surface area contributed by atoms with E-state index in [1.165, 1.54) is 11.8 Å².